The van der Waals surface area contributed by atoms with Gasteiger partial charge in [-0.15, -0.1) is 0 Å². The summed E-state index contributed by atoms with van der Waals surface area (Å²) in [5, 5.41) is 1.73. The maximum Gasteiger partial charge on any atom is 0.471 e. The van der Waals surface area contributed by atoms with E-state index in [9.17, 15) is 18.0 Å². The Morgan fingerprint density at radius 1 is 1.44 bits per heavy atom. The molecule has 0 aromatic rings. The molecule has 0 saturated carbocycles. The summed E-state index contributed by atoms with van der Waals surface area (Å²) in [4.78, 5) is 14.2. The molecule has 1 atom stereocenters. The Morgan fingerprint density at radius 3 is 2.38 bits per heavy atom. The highest BCUT2D eigenvalue weighted by atomic mass is 19.4. The molecule has 0 radical (unpaired) electrons. The molecule has 0 aliphatic carbocycles. The quantitative estimate of drug-likeness (QED) is 0.470. The van der Waals surface area contributed by atoms with Crippen LogP contribution in [-0.4, -0.2) is 30.6 Å². The fourth-order valence-corrected chi connectivity index (χ4v) is 1.07. The SMILES string of the molecule is CCC[C@H](CNC(=O)C(F)(F)F)N=C(N)N. The van der Waals surface area contributed by atoms with Crippen LogP contribution in [0.1, 0.15) is 19.8 Å². The Balaban J connectivity index is 4.23. The lowest BCUT2D eigenvalue weighted by atomic mass is 10.2. The number of guanidine groups is 1. The molecule has 0 heterocycles. The standard InChI is InChI=1S/C8H15F3N4O/c1-2-3-5(15-7(12)13)4-14-6(16)8(9,10)11/h5H,2-4H2,1H3,(H,14,16)(H4,12,13,15)/t5-/m1/s1. The summed E-state index contributed by atoms with van der Waals surface area (Å²) < 4.78 is 35.6. The predicted molar refractivity (Wildman–Crippen MR) is 53.6 cm³/mol. The van der Waals surface area contributed by atoms with Crippen LogP contribution in [-0.2, 0) is 4.79 Å². The van der Waals surface area contributed by atoms with E-state index in [2.05, 4.69) is 4.99 Å². The number of halogens is 3. The molecule has 0 aliphatic heterocycles. The van der Waals surface area contributed by atoms with E-state index in [0.29, 0.717) is 12.8 Å². The van der Waals surface area contributed by atoms with Gasteiger partial charge in [0, 0.05) is 6.54 Å². The smallest absolute Gasteiger partial charge is 0.370 e. The van der Waals surface area contributed by atoms with Crippen molar-refractivity contribution in [1.82, 2.24) is 5.32 Å². The van der Waals surface area contributed by atoms with Gasteiger partial charge in [0.2, 0.25) is 0 Å². The Labute approximate surface area is 91.1 Å². The average Bonchev–Trinajstić information content (AvgIpc) is 2.11. The normalized spacial score (nSPS) is 13.0. The summed E-state index contributed by atoms with van der Waals surface area (Å²) in [7, 11) is 0. The summed E-state index contributed by atoms with van der Waals surface area (Å²) in [6.07, 6.45) is -3.69. The Hall–Kier alpha value is -1.47. The first kappa shape index (κ1) is 14.5. The summed E-state index contributed by atoms with van der Waals surface area (Å²) >= 11 is 0. The van der Waals surface area contributed by atoms with E-state index in [1.807, 2.05) is 6.92 Å². The zero-order valence-electron chi connectivity index (χ0n) is 8.84. The zero-order chi connectivity index (χ0) is 12.8. The summed E-state index contributed by atoms with van der Waals surface area (Å²) in [5.41, 5.74) is 10.2. The predicted octanol–water partition coefficient (Wildman–Crippen LogP) is 0.107. The van der Waals surface area contributed by atoms with E-state index in [4.69, 9.17) is 11.5 Å². The van der Waals surface area contributed by atoms with Crippen LogP contribution in [0.4, 0.5) is 13.2 Å². The van der Waals surface area contributed by atoms with E-state index in [-0.39, 0.29) is 12.5 Å². The molecule has 8 heteroatoms. The Morgan fingerprint density at radius 2 is 2.00 bits per heavy atom. The number of nitrogens with one attached hydrogen (secondary N) is 1. The molecule has 0 aromatic heterocycles. The highest BCUT2D eigenvalue weighted by Gasteiger charge is 2.38. The second kappa shape index (κ2) is 6.19. The summed E-state index contributed by atoms with van der Waals surface area (Å²) in [5.74, 6) is -2.20. The van der Waals surface area contributed by atoms with Gasteiger partial charge in [-0.25, -0.2) is 4.99 Å². The van der Waals surface area contributed by atoms with Crippen LogP contribution in [0, 0.1) is 0 Å². The van der Waals surface area contributed by atoms with Gasteiger partial charge in [-0.1, -0.05) is 13.3 Å². The molecule has 0 unspecified atom stereocenters. The minimum Gasteiger partial charge on any atom is -0.370 e. The van der Waals surface area contributed by atoms with Crippen molar-refractivity contribution in [3.63, 3.8) is 0 Å². The van der Waals surface area contributed by atoms with Gasteiger partial charge in [-0.05, 0) is 6.42 Å². The lowest BCUT2D eigenvalue weighted by Crippen LogP contribution is -2.41. The minimum absolute atomic E-state index is 0.209. The maximum absolute atomic E-state index is 11.9. The number of nitrogens with zero attached hydrogens (tertiary/aromatic N) is 1. The number of rotatable bonds is 5. The molecular formula is C8H15F3N4O. The lowest BCUT2D eigenvalue weighted by Gasteiger charge is -2.13. The molecular weight excluding hydrogens is 225 g/mol. The molecule has 5 nitrogen and oxygen atoms in total. The van der Waals surface area contributed by atoms with Crippen LogP contribution in [0.3, 0.4) is 0 Å². The van der Waals surface area contributed by atoms with Crippen molar-refractivity contribution < 1.29 is 18.0 Å². The van der Waals surface area contributed by atoms with E-state index >= 15 is 0 Å². The Kier molecular flexibility index (Phi) is 5.62. The monoisotopic (exact) mass is 240 g/mol. The van der Waals surface area contributed by atoms with Crippen molar-refractivity contribution in [1.29, 1.82) is 0 Å². The molecule has 0 rings (SSSR count). The van der Waals surface area contributed by atoms with Gasteiger partial charge >= 0.3 is 12.1 Å². The van der Waals surface area contributed by atoms with Crippen molar-refractivity contribution in [3.05, 3.63) is 0 Å². The maximum atomic E-state index is 11.9. The summed E-state index contributed by atoms with van der Waals surface area (Å²) in [6, 6.07) is -0.527. The molecule has 5 N–H and O–H groups in total. The number of hydrogen-bond acceptors (Lipinski definition) is 2. The molecule has 0 spiro atoms. The zero-order valence-corrected chi connectivity index (χ0v) is 8.84. The van der Waals surface area contributed by atoms with Crippen LogP contribution in [0.2, 0.25) is 0 Å². The molecule has 1 amide bonds. The van der Waals surface area contributed by atoms with Crippen LogP contribution < -0.4 is 16.8 Å². The van der Waals surface area contributed by atoms with Crippen molar-refractivity contribution in [2.75, 3.05) is 6.54 Å². The fourth-order valence-electron chi connectivity index (χ4n) is 1.07. The van der Waals surface area contributed by atoms with Gasteiger partial charge in [0.1, 0.15) is 0 Å². The number of aliphatic imine (C=N–C) groups is 1. The van der Waals surface area contributed by atoms with Gasteiger partial charge in [0.15, 0.2) is 5.96 Å². The highest BCUT2D eigenvalue weighted by molar-refractivity contribution is 5.81. The molecule has 16 heavy (non-hydrogen) atoms. The van der Waals surface area contributed by atoms with Gasteiger partial charge in [0.05, 0.1) is 6.04 Å². The molecule has 0 aliphatic rings. The molecule has 0 fully saturated rings. The number of carbonyl (C=O) groups is 1. The molecule has 0 saturated heterocycles. The third-order valence-electron chi connectivity index (χ3n) is 1.71. The largest absolute Gasteiger partial charge is 0.471 e. The van der Waals surface area contributed by atoms with Crippen molar-refractivity contribution >= 4 is 11.9 Å². The number of nitrogens with two attached hydrogens (primary N) is 2. The van der Waals surface area contributed by atoms with Crippen LogP contribution >= 0.6 is 0 Å². The molecule has 94 valence electrons. The van der Waals surface area contributed by atoms with Gasteiger partial charge < -0.3 is 16.8 Å². The van der Waals surface area contributed by atoms with Crippen LogP contribution in [0.15, 0.2) is 4.99 Å². The van der Waals surface area contributed by atoms with Crippen LogP contribution in [0.25, 0.3) is 0 Å². The number of alkyl halides is 3. The second-order valence-corrected chi connectivity index (χ2v) is 3.20. The van der Waals surface area contributed by atoms with E-state index in [1.54, 1.807) is 5.32 Å². The minimum atomic E-state index is -4.88. The van der Waals surface area contributed by atoms with Gasteiger partial charge in [0.25, 0.3) is 0 Å². The number of hydrogen-bond donors (Lipinski definition) is 3. The lowest BCUT2D eigenvalue weighted by molar-refractivity contribution is -0.173. The topological polar surface area (TPSA) is 93.5 Å². The summed E-state index contributed by atoms with van der Waals surface area (Å²) in [6.45, 7) is 1.60. The van der Waals surface area contributed by atoms with Crippen molar-refractivity contribution in [2.24, 2.45) is 16.5 Å². The van der Waals surface area contributed by atoms with Gasteiger partial charge in [-0.3, -0.25) is 4.79 Å². The third kappa shape index (κ3) is 6.10. The third-order valence-corrected chi connectivity index (χ3v) is 1.71. The van der Waals surface area contributed by atoms with Crippen molar-refractivity contribution in [3.8, 4) is 0 Å². The highest BCUT2D eigenvalue weighted by Crippen LogP contribution is 2.14. The number of carbonyl (C=O) groups excluding carboxylic acids is 1. The first-order chi connectivity index (χ1) is 7.27. The molecule has 0 bridgehead atoms. The first-order valence-corrected chi connectivity index (χ1v) is 4.71. The number of amides is 1. The first-order valence-electron chi connectivity index (χ1n) is 4.71. The second-order valence-electron chi connectivity index (χ2n) is 3.20. The molecule has 0 aromatic carbocycles. The average molecular weight is 240 g/mol. The van der Waals surface area contributed by atoms with Gasteiger partial charge in [-0.2, -0.15) is 13.2 Å². The van der Waals surface area contributed by atoms with E-state index < -0.39 is 18.1 Å². The van der Waals surface area contributed by atoms with E-state index in [0.717, 1.165) is 0 Å². The van der Waals surface area contributed by atoms with E-state index in [1.165, 1.54) is 0 Å². The Bertz CT molecular complexity index is 260. The van der Waals surface area contributed by atoms with Crippen LogP contribution in [0.5, 0.6) is 0 Å². The van der Waals surface area contributed by atoms with Crippen molar-refractivity contribution in [2.45, 2.75) is 32.0 Å². The fraction of sp³-hybridized carbons (Fsp3) is 0.750.